The van der Waals surface area contributed by atoms with Gasteiger partial charge in [-0.05, 0) is 48.8 Å². The van der Waals surface area contributed by atoms with Crippen LogP contribution in [0.1, 0.15) is 25.0 Å². The van der Waals surface area contributed by atoms with E-state index in [9.17, 15) is 9.59 Å². The van der Waals surface area contributed by atoms with Crippen LogP contribution in [0.25, 0.3) is 0 Å². The van der Waals surface area contributed by atoms with E-state index in [0.29, 0.717) is 17.4 Å². The van der Waals surface area contributed by atoms with Crippen LogP contribution >= 0.6 is 11.8 Å². The molecule has 110 valence electrons. The topological polar surface area (TPSA) is 58.2 Å². The molecule has 1 aromatic carbocycles. The van der Waals surface area contributed by atoms with E-state index in [1.165, 1.54) is 11.8 Å². The van der Waals surface area contributed by atoms with Crippen LogP contribution in [0, 0.1) is 19.8 Å². The van der Waals surface area contributed by atoms with Crippen molar-refractivity contribution in [2.75, 3.05) is 16.8 Å². The summed E-state index contributed by atoms with van der Waals surface area (Å²) in [6.07, 6.45) is 0. The van der Waals surface area contributed by atoms with Gasteiger partial charge in [-0.3, -0.25) is 10.1 Å². The van der Waals surface area contributed by atoms with Gasteiger partial charge in [0.25, 0.3) is 0 Å². The number of benzene rings is 1. The maximum atomic E-state index is 11.7. The standard InChI is InChI=1S/C15H22N2O2S/c1-10(2)8-20-9-14(18)17-15(19)16-13-6-5-11(3)12(4)7-13/h5-7,10H,8-9H2,1-4H3,(H2,16,17,18,19). The average Bonchev–Trinajstić information content (AvgIpc) is 2.33. The van der Waals surface area contributed by atoms with Gasteiger partial charge in [0.15, 0.2) is 0 Å². The number of aryl methyl sites for hydroxylation is 2. The Morgan fingerprint density at radius 1 is 1.20 bits per heavy atom. The van der Waals surface area contributed by atoms with E-state index >= 15 is 0 Å². The first-order valence-electron chi connectivity index (χ1n) is 6.64. The number of thioether (sulfide) groups is 1. The lowest BCUT2D eigenvalue weighted by atomic mass is 10.1. The number of imide groups is 1. The Hall–Kier alpha value is -1.49. The number of carbonyl (C=O) groups excluding carboxylic acids is 2. The second-order valence-corrected chi connectivity index (χ2v) is 6.24. The lowest BCUT2D eigenvalue weighted by Crippen LogP contribution is -2.35. The minimum absolute atomic E-state index is 0.267. The summed E-state index contributed by atoms with van der Waals surface area (Å²) in [7, 11) is 0. The van der Waals surface area contributed by atoms with Crippen LogP contribution in [-0.4, -0.2) is 23.4 Å². The van der Waals surface area contributed by atoms with Gasteiger partial charge in [-0.25, -0.2) is 4.79 Å². The number of anilines is 1. The molecular weight excluding hydrogens is 272 g/mol. The highest BCUT2D eigenvalue weighted by molar-refractivity contribution is 7.99. The van der Waals surface area contributed by atoms with Gasteiger partial charge < -0.3 is 5.32 Å². The Bertz CT molecular complexity index is 487. The number of urea groups is 1. The molecule has 0 fully saturated rings. The van der Waals surface area contributed by atoms with Crippen LogP contribution in [0.3, 0.4) is 0 Å². The van der Waals surface area contributed by atoms with E-state index in [4.69, 9.17) is 0 Å². The number of nitrogens with one attached hydrogen (secondary N) is 2. The van der Waals surface area contributed by atoms with Crippen molar-refractivity contribution < 1.29 is 9.59 Å². The Labute approximate surface area is 124 Å². The van der Waals surface area contributed by atoms with Crippen molar-refractivity contribution >= 4 is 29.4 Å². The lowest BCUT2D eigenvalue weighted by Gasteiger charge is -2.09. The third-order valence-electron chi connectivity index (χ3n) is 2.70. The van der Waals surface area contributed by atoms with E-state index in [0.717, 1.165) is 16.9 Å². The van der Waals surface area contributed by atoms with E-state index in [-0.39, 0.29) is 5.91 Å². The fraction of sp³-hybridized carbons (Fsp3) is 0.467. The van der Waals surface area contributed by atoms with Crippen molar-refractivity contribution in [1.82, 2.24) is 5.32 Å². The van der Waals surface area contributed by atoms with Crippen molar-refractivity contribution in [3.63, 3.8) is 0 Å². The van der Waals surface area contributed by atoms with Gasteiger partial charge in [-0.2, -0.15) is 11.8 Å². The molecule has 0 saturated heterocycles. The third kappa shape index (κ3) is 6.10. The molecule has 1 aromatic rings. The van der Waals surface area contributed by atoms with Gasteiger partial charge in [0.1, 0.15) is 0 Å². The molecule has 0 unspecified atom stereocenters. The first-order chi connectivity index (χ1) is 9.38. The van der Waals surface area contributed by atoms with Gasteiger partial charge in [0.2, 0.25) is 5.91 Å². The molecule has 3 amide bonds. The molecule has 0 atom stereocenters. The summed E-state index contributed by atoms with van der Waals surface area (Å²) in [4.78, 5) is 23.2. The van der Waals surface area contributed by atoms with Crippen molar-refractivity contribution in [1.29, 1.82) is 0 Å². The van der Waals surface area contributed by atoms with E-state index in [2.05, 4.69) is 24.5 Å². The normalized spacial score (nSPS) is 10.4. The quantitative estimate of drug-likeness (QED) is 0.875. The van der Waals surface area contributed by atoms with Gasteiger partial charge in [-0.15, -0.1) is 0 Å². The predicted molar refractivity (Wildman–Crippen MR) is 85.2 cm³/mol. The molecule has 0 aliphatic carbocycles. The van der Waals surface area contributed by atoms with Crippen LogP contribution in [0.2, 0.25) is 0 Å². The molecule has 0 aliphatic heterocycles. The minimum atomic E-state index is -0.483. The molecule has 1 rings (SSSR count). The van der Waals surface area contributed by atoms with E-state index in [1.54, 1.807) is 0 Å². The molecule has 0 aliphatic rings. The summed E-state index contributed by atoms with van der Waals surface area (Å²) >= 11 is 1.53. The summed E-state index contributed by atoms with van der Waals surface area (Å²) in [5.41, 5.74) is 2.95. The Balaban J connectivity index is 2.39. The zero-order chi connectivity index (χ0) is 15.1. The largest absolute Gasteiger partial charge is 0.325 e. The molecule has 5 heteroatoms. The summed E-state index contributed by atoms with van der Waals surface area (Å²) in [6.45, 7) is 8.18. The van der Waals surface area contributed by atoms with Gasteiger partial charge in [-0.1, -0.05) is 19.9 Å². The number of carbonyl (C=O) groups is 2. The number of rotatable bonds is 5. The van der Waals surface area contributed by atoms with Crippen LogP contribution in [0.5, 0.6) is 0 Å². The highest BCUT2D eigenvalue weighted by atomic mass is 32.2. The molecule has 2 N–H and O–H groups in total. The summed E-state index contributed by atoms with van der Waals surface area (Å²) in [6, 6.07) is 5.15. The van der Waals surface area contributed by atoms with Crippen LogP contribution < -0.4 is 10.6 Å². The van der Waals surface area contributed by atoms with Gasteiger partial charge in [0.05, 0.1) is 5.75 Å². The monoisotopic (exact) mass is 294 g/mol. The van der Waals surface area contributed by atoms with E-state index in [1.807, 2.05) is 32.0 Å². The Kier molecular flexibility index (Phi) is 6.58. The second kappa shape index (κ2) is 7.94. The number of hydrogen-bond donors (Lipinski definition) is 2. The highest BCUT2D eigenvalue weighted by Crippen LogP contribution is 2.14. The maximum Gasteiger partial charge on any atom is 0.325 e. The zero-order valence-electron chi connectivity index (χ0n) is 12.4. The van der Waals surface area contributed by atoms with Crippen molar-refractivity contribution in [2.45, 2.75) is 27.7 Å². The minimum Gasteiger partial charge on any atom is -0.308 e. The molecular formula is C15H22N2O2S. The molecule has 0 bridgehead atoms. The smallest absolute Gasteiger partial charge is 0.308 e. The maximum absolute atomic E-state index is 11.7. The molecule has 20 heavy (non-hydrogen) atoms. The van der Waals surface area contributed by atoms with Crippen molar-refractivity contribution in [3.05, 3.63) is 29.3 Å². The Morgan fingerprint density at radius 2 is 1.90 bits per heavy atom. The fourth-order valence-corrected chi connectivity index (χ4v) is 2.38. The first-order valence-corrected chi connectivity index (χ1v) is 7.79. The van der Waals surface area contributed by atoms with Gasteiger partial charge in [0, 0.05) is 5.69 Å². The summed E-state index contributed by atoms with van der Waals surface area (Å²) in [5, 5.41) is 4.99. The fourth-order valence-electron chi connectivity index (χ4n) is 1.53. The van der Waals surface area contributed by atoms with Crippen LogP contribution in [-0.2, 0) is 4.79 Å². The van der Waals surface area contributed by atoms with Crippen molar-refractivity contribution in [3.8, 4) is 0 Å². The lowest BCUT2D eigenvalue weighted by molar-refractivity contribution is -0.117. The molecule has 0 radical (unpaired) electrons. The predicted octanol–water partition coefficient (Wildman–Crippen LogP) is 3.34. The summed E-state index contributed by atoms with van der Waals surface area (Å²) < 4.78 is 0. The zero-order valence-corrected chi connectivity index (χ0v) is 13.3. The summed E-state index contributed by atoms with van der Waals surface area (Å²) in [5.74, 6) is 1.49. The Morgan fingerprint density at radius 3 is 2.50 bits per heavy atom. The number of amides is 3. The van der Waals surface area contributed by atoms with Gasteiger partial charge >= 0.3 is 6.03 Å². The molecule has 0 saturated carbocycles. The molecule has 0 heterocycles. The SMILES string of the molecule is Cc1ccc(NC(=O)NC(=O)CSCC(C)C)cc1C. The van der Waals surface area contributed by atoms with Crippen molar-refractivity contribution in [2.24, 2.45) is 5.92 Å². The van der Waals surface area contributed by atoms with E-state index < -0.39 is 6.03 Å². The molecule has 4 nitrogen and oxygen atoms in total. The first kappa shape index (κ1) is 16.6. The molecule has 0 aromatic heterocycles. The van der Waals surface area contributed by atoms with Crippen LogP contribution in [0.4, 0.5) is 10.5 Å². The second-order valence-electron chi connectivity index (χ2n) is 5.21. The third-order valence-corrected chi connectivity index (χ3v) is 4.07. The van der Waals surface area contributed by atoms with Crippen LogP contribution in [0.15, 0.2) is 18.2 Å². The average molecular weight is 294 g/mol. The number of hydrogen-bond acceptors (Lipinski definition) is 3. The molecule has 0 spiro atoms. The highest BCUT2D eigenvalue weighted by Gasteiger charge is 2.08.